The number of hydrogen-bond acceptors (Lipinski definition) is 4. The van der Waals surface area contributed by atoms with Gasteiger partial charge in [0.15, 0.2) is 5.13 Å². The van der Waals surface area contributed by atoms with Crippen LogP contribution in [-0.4, -0.2) is 21.8 Å². The van der Waals surface area contributed by atoms with Crippen LogP contribution >= 0.6 is 22.9 Å². The average molecular weight is 452 g/mol. The van der Waals surface area contributed by atoms with E-state index in [2.05, 4.69) is 15.3 Å². The van der Waals surface area contributed by atoms with Crippen LogP contribution < -0.4 is 5.32 Å². The second kappa shape index (κ2) is 8.35. The Hall–Kier alpha value is -2.45. The zero-order valence-electron chi connectivity index (χ0n) is 15.6. The Morgan fingerprint density at radius 1 is 1.13 bits per heavy atom. The number of anilines is 1. The molecule has 2 heterocycles. The van der Waals surface area contributed by atoms with E-state index >= 15 is 0 Å². The van der Waals surface area contributed by atoms with Gasteiger partial charge in [-0.15, -0.1) is 0 Å². The van der Waals surface area contributed by atoms with Crippen molar-refractivity contribution in [3.63, 3.8) is 0 Å². The van der Waals surface area contributed by atoms with E-state index in [1.807, 2.05) is 0 Å². The Morgan fingerprint density at radius 3 is 2.43 bits per heavy atom. The van der Waals surface area contributed by atoms with E-state index in [9.17, 15) is 18.0 Å². The molecule has 2 aromatic heterocycles. The Bertz CT molecular complexity index is 1040. The van der Waals surface area contributed by atoms with Gasteiger partial charge >= 0.3 is 0 Å². The van der Waals surface area contributed by atoms with Crippen LogP contribution in [0.2, 0.25) is 4.34 Å². The fourth-order valence-electron chi connectivity index (χ4n) is 3.83. The highest BCUT2D eigenvalue weighted by Crippen LogP contribution is 2.46. The average Bonchev–Trinajstić information content (AvgIpc) is 3.28. The van der Waals surface area contributed by atoms with E-state index in [0.717, 1.165) is 16.9 Å². The van der Waals surface area contributed by atoms with Crippen LogP contribution in [0.25, 0.3) is 11.1 Å². The van der Waals surface area contributed by atoms with Gasteiger partial charge in [0, 0.05) is 24.6 Å². The van der Waals surface area contributed by atoms with Gasteiger partial charge in [0.05, 0.1) is 12.1 Å². The number of amides is 1. The number of benzene rings is 1. The molecule has 9 heteroatoms. The van der Waals surface area contributed by atoms with Crippen molar-refractivity contribution in [3.05, 3.63) is 64.6 Å². The number of pyridine rings is 1. The number of nitrogens with zero attached hydrogens (tertiary/aromatic N) is 2. The minimum Gasteiger partial charge on any atom is -0.301 e. The number of nitrogens with one attached hydrogen (secondary N) is 1. The largest absolute Gasteiger partial charge is 0.301 e. The van der Waals surface area contributed by atoms with E-state index in [0.29, 0.717) is 20.6 Å². The lowest BCUT2D eigenvalue weighted by molar-refractivity contribution is -0.118. The standard InChI is InChI=1S/C21H17ClF3N3OS/c22-16-11-27-20(30-16)28-19(29)18(14-7-8-21(24,25)9-14)13-3-1-12(2-4-13)15-5-6-17(23)26-10-15/h1-6,10-11,14,18H,7-9H2,(H,27,28,29). The van der Waals surface area contributed by atoms with Gasteiger partial charge < -0.3 is 5.32 Å². The summed E-state index contributed by atoms with van der Waals surface area (Å²) in [6.07, 6.45) is 2.52. The van der Waals surface area contributed by atoms with E-state index in [4.69, 9.17) is 11.6 Å². The molecule has 0 bridgehead atoms. The van der Waals surface area contributed by atoms with Crippen molar-refractivity contribution in [2.45, 2.75) is 31.1 Å². The normalized spacial score (nSPS) is 18.9. The molecule has 0 radical (unpaired) electrons. The zero-order chi connectivity index (χ0) is 21.3. The molecule has 2 unspecified atom stereocenters. The number of hydrogen-bond donors (Lipinski definition) is 1. The van der Waals surface area contributed by atoms with Crippen LogP contribution in [-0.2, 0) is 4.79 Å². The third kappa shape index (κ3) is 4.65. The number of halogens is 4. The molecular formula is C21H17ClF3N3OS. The molecule has 3 aromatic rings. The third-order valence-corrected chi connectivity index (χ3v) is 6.26. The lowest BCUT2D eigenvalue weighted by atomic mass is 9.83. The smallest absolute Gasteiger partial charge is 0.248 e. The number of rotatable bonds is 5. The molecule has 1 amide bonds. The van der Waals surface area contributed by atoms with E-state index in [1.54, 1.807) is 30.3 Å². The predicted octanol–water partition coefficient (Wildman–Crippen LogP) is 6.16. The van der Waals surface area contributed by atoms with Crippen molar-refractivity contribution in [1.29, 1.82) is 0 Å². The summed E-state index contributed by atoms with van der Waals surface area (Å²) in [7, 11) is 0. The maximum Gasteiger partial charge on any atom is 0.248 e. The summed E-state index contributed by atoms with van der Waals surface area (Å²) in [5, 5.41) is 3.03. The molecule has 30 heavy (non-hydrogen) atoms. The molecule has 0 saturated heterocycles. The van der Waals surface area contributed by atoms with Gasteiger partial charge in [-0.25, -0.2) is 18.7 Å². The fourth-order valence-corrected chi connectivity index (χ4v) is 4.65. The van der Waals surface area contributed by atoms with Crippen molar-refractivity contribution in [1.82, 2.24) is 9.97 Å². The van der Waals surface area contributed by atoms with E-state index < -0.39 is 23.7 Å². The van der Waals surface area contributed by atoms with Crippen molar-refractivity contribution in [3.8, 4) is 11.1 Å². The first-order valence-electron chi connectivity index (χ1n) is 9.33. The van der Waals surface area contributed by atoms with Gasteiger partial charge in [-0.1, -0.05) is 47.2 Å². The van der Waals surface area contributed by atoms with Crippen LogP contribution in [0.1, 0.15) is 30.7 Å². The number of alkyl halides is 2. The first-order valence-corrected chi connectivity index (χ1v) is 10.5. The predicted molar refractivity (Wildman–Crippen MR) is 110 cm³/mol. The molecular weight excluding hydrogens is 435 g/mol. The van der Waals surface area contributed by atoms with Gasteiger partial charge in [0.1, 0.15) is 4.34 Å². The number of thiazole rings is 1. The monoisotopic (exact) mass is 451 g/mol. The van der Waals surface area contributed by atoms with Crippen molar-refractivity contribution < 1.29 is 18.0 Å². The molecule has 1 N–H and O–H groups in total. The second-order valence-corrected chi connectivity index (χ2v) is 8.95. The highest BCUT2D eigenvalue weighted by atomic mass is 35.5. The topological polar surface area (TPSA) is 54.9 Å². The van der Waals surface area contributed by atoms with Crippen molar-refractivity contribution in [2.75, 3.05) is 5.32 Å². The Kier molecular flexibility index (Phi) is 5.79. The SMILES string of the molecule is O=C(Nc1ncc(Cl)s1)C(c1ccc(-c2ccc(F)nc2)cc1)C1CCC(F)(F)C1. The molecule has 1 fully saturated rings. The maximum atomic E-state index is 13.9. The van der Waals surface area contributed by atoms with E-state index in [1.165, 1.54) is 18.5 Å². The molecule has 4 rings (SSSR count). The minimum atomic E-state index is -2.77. The Labute approximate surface area is 180 Å². The zero-order valence-corrected chi connectivity index (χ0v) is 17.2. The minimum absolute atomic E-state index is 0.232. The Morgan fingerprint density at radius 2 is 1.87 bits per heavy atom. The molecule has 2 atom stereocenters. The third-order valence-electron chi connectivity index (χ3n) is 5.23. The van der Waals surface area contributed by atoms with Gasteiger partial charge in [0.25, 0.3) is 0 Å². The summed E-state index contributed by atoms with van der Waals surface area (Å²) in [6, 6.07) is 9.91. The highest BCUT2D eigenvalue weighted by Gasteiger charge is 2.45. The van der Waals surface area contributed by atoms with Crippen LogP contribution in [0, 0.1) is 11.9 Å². The quantitative estimate of drug-likeness (QED) is 0.473. The summed E-state index contributed by atoms with van der Waals surface area (Å²) < 4.78 is 41.2. The summed E-state index contributed by atoms with van der Waals surface area (Å²) in [4.78, 5) is 20.7. The number of carbonyl (C=O) groups excluding carboxylic acids is 1. The van der Waals surface area contributed by atoms with Gasteiger partial charge in [0.2, 0.25) is 17.8 Å². The molecule has 1 aliphatic carbocycles. The van der Waals surface area contributed by atoms with Gasteiger partial charge in [-0.2, -0.15) is 4.39 Å². The molecule has 0 spiro atoms. The van der Waals surface area contributed by atoms with Crippen LogP contribution in [0.15, 0.2) is 48.8 Å². The lowest BCUT2D eigenvalue weighted by Gasteiger charge is -2.23. The highest BCUT2D eigenvalue weighted by molar-refractivity contribution is 7.19. The molecule has 156 valence electrons. The summed E-state index contributed by atoms with van der Waals surface area (Å²) in [6.45, 7) is 0. The summed E-state index contributed by atoms with van der Waals surface area (Å²) in [5.41, 5.74) is 2.14. The second-order valence-electron chi connectivity index (χ2n) is 7.29. The first kappa shape index (κ1) is 20.8. The van der Waals surface area contributed by atoms with Crippen LogP contribution in [0.5, 0.6) is 0 Å². The first-order chi connectivity index (χ1) is 14.3. The van der Waals surface area contributed by atoms with E-state index in [-0.39, 0.29) is 25.2 Å². The summed E-state index contributed by atoms with van der Waals surface area (Å²) >= 11 is 6.98. The van der Waals surface area contributed by atoms with Crippen LogP contribution in [0.4, 0.5) is 18.3 Å². The molecule has 1 saturated carbocycles. The van der Waals surface area contributed by atoms with Crippen molar-refractivity contribution in [2.24, 2.45) is 5.92 Å². The summed E-state index contributed by atoms with van der Waals surface area (Å²) in [5.74, 6) is -4.97. The Balaban J connectivity index is 1.61. The van der Waals surface area contributed by atoms with Crippen molar-refractivity contribution >= 4 is 34.0 Å². The van der Waals surface area contributed by atoms with Gasteiger partial charge in [-0.05, 0) is 35.6 Å². The molecule has 0 aliphatic heterocycles. The van der Waals surface area contributed by atoms with Gasteiger partial charge in [-0.3, -0.25) is 4.79 Å². The number of aromatic nitrogens is 2. The maximum absolute atomic E-state index is 13.9. The van der Waals surface area contributed by atoms with Crippen LogP contribution in [0.3, 0.4) is 0 Å². The molecule has 4 nitrogen and oxygen atoms in total. The molecule has 1 aliphatic rings. The number of carbonyl (C=O) groups is 1. The fraction of sp³-hybridized carbons (Fsp3) is 0.286. The molecule has 1 aromatic carbocycles. The lowest BCUT2D eigenvalue weighted by Crippen LogP contribution is -2.27.